The number of rotatable bonds is 8. The van der Waals surface area contributed by atoms with Gasteiger partial charge < -0.3 is 19.5 Å². The molecule has 6 heteroatoms. The van der Waals surface area contributed by atoms with E-state index in [9.17, 15) is 9.59 Å². The SMILES string of the molecule is CCC(C)c1ccccc1NC(=O)COC(=O)c1ccc(OC)c(OC)c1. The van der Waals surface area contributed by atoms with Crippen LogP contribution in [0.25, 0.3) is 0 Å². The van der Waals surface area contributed by atoms with Gasteiger partial charge in [-0.3, -0.25) is 4.79 Å². The van der Waals surface area contributed by atoms with Crippen LogP contribution in [-0.2, 0) is 9.53 Å². The Labute approximate surface area is 159 Å². The van der Waals surface area contributed by atoms with E-state index in [1.807, 2.05) is 24.3 Å². The van der Waals surface area contributed by atoms with Crippen LogP contribution < -0.4 is 14.8 Å². The molecule has 1 amide bonds. The third-order valence-electron chi connectivity index (χ3n) is 4.33. The molecule has 1 unspecified atom stereocenters. The highest BCUT2D eigenvalue weighted by Gasteiger charge is 2.15. The van der Waals surface area contributed by atoms with Crippen molar-refractivity contribution in [2.45, 2.75) is 26.2 Å². The molecule has 0 heterocycles. The molecule has 0 aliphatic rings. The minimum Gasteiger partial charge on any atom is -0.493 e. The van der Waals surface area contributed by atoms with Crippen molar-refractivity contribution in [3.05, 3.63) is 53.6 Å². The van der Waals surface area contributed by atoms with Crippen molar-refractivity contribution in [2.24, 2.45) is 0 Å². The second-order valence-corrected chi connectivity index (χ2v) is 6.09. The number of esters is 1. The fourth-order valence-corrected chi connectivity index (χ4v) is 2.62. The van der Waals surface area contributed by atoms with Crippen LogP contribution in [0.4, 0.5) is 5.69 Å². The predicted molar refractivity (Wildman–Crippen MR) is 104 cm³/mol. The zero-order valence-electron chi connectivity index (χ0n) is 16.1. The Morgan fingerprint density at radius 2 is 1.74 bits per heavy atom. The van der Waals surface area contributed by atoms with Gasteiger partial charge in [0.25, 0.3) is 5.91 Å². The van der Waals surface area contributed by atoms with Gasteiger partial charge in [-0.05, 0) is 42.2 Å². The van der Waals surface area contributed by atoms with Gasteiger partial charge in [0.15, 0.2) is 18.1 Å². The van der Waals surface area contributed by atoms with E-state index in [0.29, 0.717) is 17.4 Å². The lowest BCUT2D eigenvalue weighted by atomic mass is 9.97. The lowest BCUT2D eigenvalue weighted by Crippen LogP contribution is -2.21. The Bertz CT molecular complexity index is 803. The maximum Gasteiger partial charge on any atom is 0.338 e. The van der Waals surface area contributed by atoms with E-state index < -0.39 is 5.97 Å². The highest BCUT2D eigenvalue weighted by atomic mass is 16.5. The first kappa shape index (κ1) is 20.3. The molecule has 1 atom stereocenters. The van der Waals surface area contributed by atoms with Gasteiger partial charge >= 0.3 is 5.97 Å². The van der Waals surface area contributed by atoms with Gasteiger partial charge in [-0.2, -0.15) is 0 Å². The lowest BCUT2D eigenvalue weighted by Gasteiger charge is -2.15. The molecule has 1 N–H and O–H groups in total. The Morgan fingerprint density at radius 1 is 1.04 bits per heavy atom. The molecule has 2 rings (SSSR count). The molecule has 0 aromatic heterocycles. The van der Waals surface area contributed by atoms with Crippen molar-refractivity contribution in [3.63, 3.8) is 0 Å². The van der Waals surface area contributed by atoms with Crippen molar-refractivity contribution in [2.75, 3.05) is 26.1 Å². The van der Waals surface area contributed by atoms with Crippen LogP contribution in [0, 0.1) is 0 Å². The fraction of sp³-hybridized carbons (Fsp3) is 0.333. The summed E-state index contributed by atoms with van der Waals surface area (Å²) in [6.45, 7) is 3.82. The second kappa shape index (κ2) is 9.62. The monoisotopic (exact) mass is 371 g/mol. The van der Waals surface area contributed by atoms with Gasteiger partial charge in [0.05, 0.1) is 19.8 Å². The molecule has 27 heavy (non-hydrogen) atoms. The molecular formula is C21H25NO5. The molecule has 0 saturated heterocycles. The summed E-state index contributed by atoms with van der Waals surface area (Å²) in [5.74, 6) is 0.240. The Balaban J connectivity index is 1.99. The number of carbonyl (C=O) groups excluding carboxylic acids is 2. The zero-order chi connectivity index (χ0) is 19.8. The van der Waals surface area contributed by atoms with Crippen LogP contribution in [0.2, 0.25) is 0 Å². The molecule has 2 aromatic carbocycles. The van der Waals surface area contributed by atoms with Crippen LogP contribution in [0.5, 0.6) is 11.5 Å². The molecule has 0 fully saturated rings. The molecule has 0 saturated carbocycles. The lowest BCUT2D eigenvalue weighted by molar-refractivity contribution is -0.119. The van der Waals surface area contributed by atoms with Gasteiger partial charge in [0, 0.05) is 5.69 Å². The third-order valence-corrected chi connectivity index (χ3v) is 4.33. The summed E-state index contributed by atoms with van der Waals surface area (Å²) in [5, 5.41) is 2.81. The van der Waals surface area contributed by atoms with E-state index >= 15 is 0 Å². The van der Waals surface area contributed by atoms with Crippen molar-refractivity contribution in [3.8, 4) is 11.5 Å². The summed E-state index contributed by atoms with van der Waals surface area (Å²) >= 11 is 0. The third kappa shape index (κ3) is 5.23. The molecule has 0 aliphatic heterocycles. The first-order valence-electron chi connectivity index (χ1n) is 8.78. The minimum absolute atomic E-state index is 0.278. The van der Waals surface area contributed by atoms with Gasteiger partial charge in [-0.15, -0.1) is 0 Å². The molecule has 0 aliphatic carbocycles. The normalized spacial score (nSPS) is 11.4. The predicted octanol–water partition coefficient (Wildman–Crippen LogP) is 4.01. The Kier molecular flexibility index (Phi) is 7.23. The number of hydrogen-bond donors (Lipinski definition) is 1. The molecule has 2 aromatic rings. The smallest absolute Gasteiger partial charge is 0.338 e. The number of para-hydroxylation sites is 1. The summed E-state index contributed by atoms with van der Waals surface area (Å²) in [6, 6.07) is 12.3. The Morgan fingerprint density at radius 3 is 2.41 bits per heavy atom. The van der Waals surface area contributed by atoms with Crippen LogP contribution in [0.15, 0.2) is 42.5 Å². The molecule has 6 nitrogen and oxygen atoms in total. The number of benzene rings is 2. The summed E-state index contributed by atoms with van der Waals surface area (Å²) in [4.78, 5) is 24.4. The fourth-order valence-electron chi connectivity index (χ4n) is 2.62. The van der Waals surface area contributed by atoms with Crippen molar-refractivity contribution in [1.29, 1.82) is 0 Å². The number of amides is 1. The van der Waals surface area contributed by atoms with Crippen molar-refractivity contribution in [1.82, 2.24) is 0 Å². The van der Waals surface area contributed by atoms with Crippen molar-refractivity contribution < 1.29 is 23.8 Å². The number of hydrogen-bond acceptors (Lipinski definition) is 5. The standard InChI is InChI=1S/C21H25NO5/c1-5-14(2)16-8-6-7-9-17(16)22-20(23)13-27-21(24)15-10-11-18(25-3)19(12-15)26-4/h6-12,14H,5,13H2,1-4H3,(H,22,23). The second-order valence-electron chi connectivity index (χ2n) is 6.09. The summed E-state index contributed by atoms with van der Waals surface area (Å²) < 4.78 is 15.4. The number of ether oxygens (including phenoxy) is 3. The minimum atomic E-state index is -0.610. The molecule has 0 bridgehead atoms. The van der Waals surface area contributed by atoms with Crippen molar-refractivity contribution >= 4 is 17.6 Å². The summed E-state index contributed by atoms with van der Waals surface area (Å²) in [5.41, 5.74) is 2.07. The highest BCUT2D eigenvalue weighted by molar-refractivity contribution is 5.96. The van der Waals surface area contributed by atoms with E-state index in [0.717, 1.165) is 17.7 Å². The van der Waals surface area contributed by atoms with Gasteiger partial charge in [0.2, 0.25) is 0 Å². The first-order valence-corrected chi connectivity index (χ1v) is 8.78. The molecular weight excluding hydrogens is 346 g/mol. The zero-order valence-corrected chi connectivity index (χ0v) is 16.1. The van der Waals surface area contributed by atoms with Crippen LogP contribution >= 0.6 is 0 Å². The molecule has 144 valence electrons. The average Bonchev–Trinajstić information content (AvgIpc) is 2.71. The maximum absolute atomic E-state index is 12.2. The number of carbonyl (C=O) groups is 2. The topological polar surface area (TPSA) is 73.9 Å². The van der Waals surface area contributed by atoms with E-state index in [-0.39, 0.29) is 18.1 Å². The van der Waals surface area contributed by atoms with E-state index in [1.165, 1.54) is 20.3 Å². The number of anilines is 1. The van der Waals surface area contributed by atoms with E-state index in [1.54, 1.807) is 12.1 Å². The Hall–Kier alpha value is -3.02. The van der Waals surface area contributed by atoms with Crippen LogP contribution in [-0.4, -0.2) is 32.7 Å². The van der Waals surface area contributed by atoms with E-state index in [2.05, 4.69) is 19.2 Å². The quantitative estimate of drug-likeness (QED) is 0.710. The van der Waals surface area contributed by atoms with Crippen LogP contribution in [0.1, 0.15) is 42.1 Å². The number of nitrogens with one attached hydrogen (secondary N) is 1. The van der Waals surface area contributed by atoms with Crippen LogP contribution in [0.3, 0.4) is 0 Å². The van der Waals surface area contributed by atoms with Gasteiger partial charge in [-0.25, -0.2) is 4.79 Å². The first-order chi connectivity index (χ1) is 13.0. The number of methoxy groups -OCH3 is 2. The largest absolute Gasteiger partial charge is 0.493 e. The van der Waals surface area contributed by atoms with Gasteiger partial charge in [0.1, 0.15) is 0 Å². The van der Waals surface area contributed by atoms with Gasteiger partial charge in [-0.1, -0.05) is 32.0 Å². The summed E-state index contributed by atoms with van der Waals surface area (Å²) in [6.07, 6.45) is 0.959. The average molecular weight is 371 g/mol. The molecule has 0 radical (unpaired) electrons. The maximum atomic E-state index is 12.2. The summed E-state index contributed by atoms with van der Waals surface area (Å²) in [7, 11) is 2.99. The molecule has 0 spiro atoms. The highest BCUT2D eigenvalue weighted by Crippen LogP contribution is 2.28. The van der Waals surface area contributed by atoms with E-state index in [4.69, 9.17) is 14.2 Å².